The van der Waals surface area contributed by atoms with E-state index in [1.807, 2.05) is 0 Å². The Kier molecular flexibility index (Phi) is 7.08. The molecule has 0 spiro atoms. The van der Waals surface area contributed by atoms with Crippen LogP contribution >= 0.6 is 0 Å². The van der Waals surface area contributed by atoms with E-state index in [4.69, 9.17) is 4.74 Å². The van der Waals surface area contributed by atoms with Crippen molar-refractivity contribution in [2.45, 2.75) is 68.3 Å². The largest absolute Gasteiger partial charge is 0.481 e. The molecule has 5 nitrogen and oxygen atoms in total. The molecule has 2 aliphatic rings. The van der Waals surface area contributed by atoms with Crippen molar-refractivity contribution in [3.05, 3.63) is 65.2 Å². The van der Waals surface area contributed by atoms with Gasteiger partial charge in [-0.1, -0.05) is 26.0 Å². The first-order valence-electron chi connectivity index (χ1n) is 12.1. The number of carbonyl (C=O) groups is 1. The molecule has 2 aromatic carbocycles. The number of carboxylic acid groups (broad SMARTS) is 1. The summed E-state index contributed by atoms with van der Waals surface area (Å²) in [5, 5.41) is 10.2. The van der Waals surface area contributed by atoms with Crippen LogP contribution in [0.3, 0.4) is 0 Å². The number of sulfone groups is 1. The molecule has 35 heavy (non-hydrogen) atoms. The molecular weight excluding hydrogens is 474 g/mol. The van der Waals surface area contributed by atoms with Crippen molar-refractivity contribution in [3.8, 4) is 0 Å². The SMILES string of the molecule is CC(C)CS(=O)(=O)c1cc(F)cc(C2(OCC3CC3)CCC(C(=O)O)(c3ccc(F)cc3)CC2)c1. The van der Waals surface area contributed by atoms with Gasteiger partial charge in [0.25, 0.3) is 0 Å². The van der Waals surface area contributed by atoms with Crippen LogP contribution in [0.5, 0.6) is 0 Å². The fourth-order valence-electron chi connectivity index (χ4n) is 5.09. The van der Waals surface area contributed by atoms with Crippen molar-refractivity contribution >= 4 is 15.8 Å². The fraction of sp³-hybridized carbons (Fsp3) is 0.519. The van der Waals surface area contributed by atoms with Crippen LogP contribution in [0.15, 0.2) is 47.4 Å². The van der Waals surface area contributed by atoms with Crippen LogP contribution in [0.1, 0.15) is 63.5 Å². The minimum Gasteiger partial charge on any atom is -0.481 e. The van der Waals surface area contributed by atoms with Crippen LogP contribution in [0, 0.1) is 23.5 Å². The van der Waals surface area contributed by atoms with Gasteiger partial charge in [-0.2, -0.15) is 0 Å². The van der Waals surface area contributed by atoms with Gasteiger partial charge in [0.05, 0.1) is 28.3 Å². The molecule has 0 bridgehead atoms. The first-order chi connectivity index (χ1) is 16.5. The zero-order valence-electron chi connectivity index (χ0n) is 20.1. The molecule has 0 saturated heterocycles. The van der Waals surface area contributed by atoms with Gasteiger partial charge in [-0.3, -0.25) is 4.79 Å². The Morgan fingerprint density at radius 2 is 1.63 bits per heavy atom. The van der Waals surface area contributed by atoms with Crippen molar-refractivity contribution in [2.24, 2.45) is 11.8 Å². The fourth-order valence-corrected chi connectivity index (χ4v) is 6.76. The Labute approximate surface area is 205 Å². The van der Waals surface area contributed by atoms with E-state index in [1.54, 1.807) is 13.8 Å². The molecule has 0 amide bonds. The lowest BCUT2D eigenvalue weighted by atomic mass is 9.63. The van der Waals surface area contributed by atoms with Crippen LogP contribution in [0.2, 0.25) is 0 Å². The van der Waals surface area contributed by atoms with Gasteiger partial charge in [-0.05, 0) is 91.8 Å². The van der Waals surface area contributed by atoms with Crippen molar-refractivity contribution in [3.63, 3.8) is 0 Å². The number of rotatable bonds is 9. The van der Waals surface area contributed by atoms with Gasteiger partial charge >= 0.3 is 5.97 Å². The summed E-state index contributed by atoms with van der Waals surface area (Å²) in [5.74, 6) is -1.91. The third-order valence-electron chi connectivity index (χ3n) is 7.32. The predicted octanol–water partition coefficient (Wildman–Crippen LogP) is 5.61. The molecule has 1 N–H and O–H groups in total. The van der Waals surface area contributed by atoms with Gasteiger partial charge in [0.15, 0.2) is 9.84 Å². The third kappa shape index (κ3) is 5.43. The number of hydrogen-bond acceptors (Lipinski definition) is 4. The van der Waals surface area contributed by atoms with Gasteiger partial charge in [-0.25, -0.2) is 17.2 Å². The lowest BCUT2D eigenvalue weighted by Gasteiger charge is -2.45. The topological polar surface area (TPSA) is 80.7 Å². The maximum Gasteiger partial charge on any atom is 0.314 e. The molecule has 0 radical (unpaired) electrons. The maximum atomic E-state index is 14.8. The van der Waals surface area contributed by atoms with Crippen LogP contribution in [0.25, 0.3) is 0 Å². The summed E-state index contributed by atoms with van der Waals surface area (Å²) in [6.07, 6.45) is 3.03. The minimum atomic E-state index is -3.70. The molecule has 0 aliphatic heterocycles. The van der Waals surface area contributed by atoms with Crippen LogP contribution < -0.4 is 0 Å². The number of aliphatic carboxylic acids is 1. The molecule has 0 unspecified atom stereocenters. The standard InChI is InChI=1S/C27H32F2O5S/c1-18(2)17-35(32,33)24-14-21(13-23(29)15-24)27(34-16-19-3-4-19)11-9-26(10-12-27,25(30)31)20-5-7-22(28)8-6-20/h5-8,13-15,18-19H,3-4,9-12,16-17H2,1-2H3,(H,30,31). The molecule has 2 saturated carbocycles. The zero-order chi connectivity index (χ0) is 25.4. The van der Waals surface area contributed by atoms with Crippen molar-refractivity contribution < 1.29 is 31.8 Å². The van der Waals surface area contributed by atoms with E-state index in [2.05, 4.69) is 0 Å². The molecule has 8 heteroatoms. The van der Waals surface area contributed by atoms with Gasteiger partial charge in [0.2, 0.25) is 0 Å². The Hall–Kier alpha value is -2.32. The zero-order valence-corrected chi connectivity index (χ0v) is 20.9. The highest BCUT2D eigenvalue weighted by atomic mass is 32.2. The maximum absolute atomic E-state index is 14.8. The lowest BCUT2D eigenvalue weighted by Crippen LogP contribution is -2.46. The van der Waals surface area contributed by atoms with Gasteiger partial charge in [0.1, 0.15) is 11.6 Å². The van der Waals surface area contributed by atoms with Crippen LogP contribution in [-0.2, 0) is 30.4 Å². The first kappa shape index (κ1) is 25.8. The highest BCUT2D eigenvalue weighted by molar-refractivity contribution is 7.91. The third-order valence-corrected chi connectivity index (χ3v) is 9.38. The molecular formula is C27H32F2O5S. The molecule has 2 aliphatic carbocycles. The Morgan fingerprint density at radius 1 is 1.00 bits per heavy atom. The summed E-state index contributed by atoms with van der Waals surface area (Å²) in [6.45, 7) is 4.04. The van der Waals surface area contributed by atoms with Crippen LogP contribution in [-0.4, -0.2) is 31.9 Å². The van der Waals surface area contributed by atoms with Crippen molar-refractivity contribution in [2.75, 3.05) is 12.4 Å². The number of hydrogen-bond donors (Lipinski definition) is 1. The summed E-state index contributed by atoms with van der Waals surface area (Å²) in [4.78, 5) is 12.4. The lowest BCUT2D eigenvalue weighted by molar-refractivity contribution is -0.151. The minimum absolute atomic E-state index is 0.0794. The molecule has 0 heterocycles. The highest BCUT2D eigenvalue weighted by Crippen LogP contribution is 2.50. The average molecular weight is 507 g/mol. The molecule has 0 aromatic heterocycles. The molecule has 190 valence electrons. The second-order valence-corrected chi connectivity index (χ2v) is 12.5. The Morgan fingerprint density at radius 3 is 2.17 bits per heavy atom. The molecule has 2 aromatic rings. The van der Waals surface area contributed by atoms with E-state index >= 15 is 0 Å². The molecule has 0 atom stereocenters. The molecule has 4 rings (SSSR count). The van der Waals surface area contributed by atoms with Gasteiger partial charge in [0, 0.05) is 0 Å². The normalized spacial score (nSPS) is 25.1. The summed E-state index contributed by atoms with van der Waals surface area (Å²) >= 11 is 0. The smallest absolute Gasteiger partial charge is 0.314 e. The van der Waals surface area contributed by atoms with E-state index in [1.165, 1.54) is 36.4 Å². The van der Waals surface area contributed by atoms with Crippen molar-refractivity contribution in [1.29, 1.82) is 0 Å². The monoisotopic (exact) mass is 506 g/mol. The number of carboxylic acids is 1. The highest BCUT2D eigenvalue weighted by Gasteiger charge is 2.50. The summed E-state index contributed by atoms with van der Waals surface area (Å²) < 4.78 is 60.5. The first-order valence-corrected chi connectivity index (χ1v) is 13.8. The Bertz CT molecular complexity index is 1180. The Balaban J connectivity index is 1.71. The van der Waals surface area contributed by atoms with Gasteiger partial charge in [-0.15, -0.1) is 0 Å². The van der Waals surface area contributed by atoms with E-state index in [9.17, 15) is 27.1 Å². The predicted molar refractivity (Wildman–Crippen MR) is 128 cm³/mol. The van der Waals surface area contributed by atoms with Crippen LogP contribution in [0.4, 0.5) is 8.78 Å². The van der Waals surface area contributed by atoms with Crippen molar-refractivity contribution in [1.82, 2.24) is 0 Å². The summed E-state index contributed by atoms with van der Waals surface area (Å²) in [7, 11) is -3.70. The average Bonchev–Trinajstić information content (AvgIpc) is 3.62. The van der Waals surface area contributed by atoms with E-state index in [0.717, 1.165) is 18.9 Å². The number of ether oxygens (including phenoxy) is 1. The second-order valence-electron chi connectivity index (χ2n) is 10.5. The van der Waals surface area contributed by atoms with Gasteiger partial charge < -0.3 is 9.84 Å². The molecule has 2 fully saturated rings. The van der Waals surface area contributed by atoms with E-state index in [0.29, 0.717) is 23.7 Å². The summed E-state index contributed by atoms with van der Waals surface area (Å²) in [6, 6.07) is 9.36. The summed E-state index contributed by atoms with van der Waals surface area (Å²) in [5.41, 5.74) is -1.27. The van der Waals surface area contributed by atoms with E-state index < -0.39 is 38.5 Å². The second kappa shape index (κ2) is 9.62. The number of halogens is 2. The quantitative estimate of drug-likeness (QED) is 0.478. The van der Waals surface area contributed by atoms with E-state index in [-0.39, 0.29) is 42.2 Å². The number of benzene rings is 2.